The minimum Gasteiger partial charge on any atom is -0.379 e. The number of nitro benzene ring substituents is 1. The van der Waals surface area contributed by atoms with Crippen molar-refractivity contribution in [3.8, 4) is 0 Å². The van der Waals surface area contributed by atoms with Crippen LogP contribution in [0.15, 0.2) is 24.3 Å². The van der Waals surface area contributed by atoms with Gasteiger partial charge in [0.15, 0.2) is 5.17 Å². The molecule has 0 aliphatic rings. The molecule has 74 valence electrons. The lowest BCUT2D eigenvalue weighted by molar-refractivity contribution is -0.384. The zero-order valence-corrected chi connectivity index (χ0v) is 8.08. The van der Waals surface area contributed by atoms with Crippen LogP contribution < -0.4 is 5.73 Å². The van der Waals surface area contributed by atoms with E-state index in [0.717, 1.165) is 17.3 Å². The van der Waals surface area contributed by atoms with E-state index in [4.69, 9.17) is 11.1 Å². The lowest BCUT2D eigenvalue weighted by Crippen LogP contribution is -2.03. The van der Waals surface area contributed by atoms with Crippen LogP contribution in [0, 0.1) is 15.5 Å². The predicted molar refractivity (Wildman–Crippen MR) is 56.3 cm³/mol. The van der Waals surface area contributed by atoms with Crippen molar-refractivity contribution in [2.24, 2.45) is 5.73 Å². The molecule has 0 spiro atoms. The van der Waals surface area contributed by atoms with Crippen molar-refractivity contribution in [2.45, 2.75) is 5.75 Å². The summed E-state index contributed by atoms with van der Waals surface area (Å²) in [5.41, 5.74) is 6.00. The summed E-state index contributed by atoms with van der Waals surface area (Å²) in [5.74, 6) is 0.483. The van der Waals surface area contributed by atoms with Crippen LogP contribution in [0.3, 0.4) is 0 Å². The van der Waals surface area contributed by atoms with Crippen molar-refractivity contribution in [3.63, 3.8) is 0 Å². The lowest BCUT2D eigenvalue weighted by Gasteiger charge is -1.99. The van der Waals surface area contributed by atoms with Crippen LogP contribution in [0.4, 0.5) is 5.69 Å². The number of hydrogen-bond donors (Lipinski definition) is 2. The number of rotatable bonds is 3. The highest BCUT2D eigenvalue weighted by molar-refractivity contribution is 8.13. The average Bonchev–Trinajstić information content (AvgIpc) is 2.15. The number of benzene rings is 1. The summed E-state index contributed by atoms with van der Waals surface area (Å²) in [5, 5.41) is 17.4. The highest BCUT2D eigenvalue weighted by Gasteiger charge is 2.05. The maximum atomic E-state index is 10.4. The summed E-state index contributed by atoms with van der Waals surface area (Å²) in [4.78, 5) is 9.98. The smallest absolute Gasteiger partial charge is 0.269 e. The van der Waals surface area contributed by atoms with Gasteiger partial charge in [-0.05, 0) is 5.56 Å². The van der Waals surface area contributed by atoms with Gasteiger partial charge in [-0.25, -0.2) is 0 Å². The fourth-order valence-corrected chi connectivity index (χ4v) is 1.42. The molecule has 1 aromatic carbocycles. The highest BCUT2D eigenvalue weighted by Crippen LogP contribution is 2.17. The predicted octanol–water partition coefficient (Wildman–Crippen LogP) is 1.72. The first kappa shape index (κ1) is 10.5. The molecule has 0 aliphatic carbocycles. The van der Waals surface area contributed by atoms with Crippen molar-refractivity contribution in [2.75, 3.05) is 0 Å². The summed E-state index contributed by atoms with van der Waals surface area (Å²) in [7, 11) is 0. The zero-order valence-electron chi connectivity index (χ0n) is 7.27. The lowest BCUT2D eigenvalue weighted by atomic mass is 10.2. The van der Waals surface area contributed by atoms with Gasteiger partial charge >= 0.3 is 0 Å². The van der Waals surface area contributed by atoms with Crippen molar-refractivity contribution in [3.05, 3.63) is 39.9 Å². The topological polar surface area (TPSA) is 93.0 Å². The summed E-state index contributed by atoms with van der Waals surface area (Å²) in [6.45, 7) is 0. The second-order valence-electron chi connectivity index (χ2n) is 2.58. The molecule has 0 radical (unpaired) electrons. The van der Waals surface area contributed by atoms with E-state index in [1.54, 1.807) is 12.1 Å². The Labute approximate surface area is 85.0 Å². The molecular formula is C8H9N3O2S. The summed E-state index contributed by atoms with van der Waals surface area (Å²) < 4.78 is 0. The molecule has 0 aliphatic heterocycles. The Morgan fingerprint density at radius 1 is 1.64 bits per heavy atom. The minimum atomic E-state index is -0.443. The molecule has 0 atom stereocenters. The van der Waals surface area contributed by atoms with E-state index in [2.05, 4.69) is 0 Å². The van der Waals surface area contributed by atoms with Crippen LogP contribution in [-0.2, 0) is 5.75 Å². The fourth-order valence-electron chi connectivity index (χ4n) is 0.921. The zero-order chi connectivity index (χ0) is 10.6. The number of non-ortho nitro benzene ring substituents is 1. The van der Waals surface area contributed by atoms with Gasteiger partial charge in [0, 0.05) is 17.9 Å². The van der Waals surface area contributed by atoms with Crippen molar-refractivity contribution < 1.29 is 4.92 Å². The van der Waals surface area contributed by atoms with Crippen LogP contribution in [0.2, 0.25) is 0 Å². The standard InChI is InChI=1S/C8H9N3O2S/c9-8(10)14-5-6-2-1-3-7(4-6)11(12)13/h1-4H,5H2,(H3,9,10). The number of thioether (sulfide) groups is 1. The summed E-state index contributed by atoms with van der Waals surface area (Å²) in [6, 6.07) is 6.30. The molecule has 0 amide bonds. The quantitative estimate of drug-likeness (QED) is 0.344. The minimum absolute atomic E-state index is 0.0107. The molecule has 0 fully saturated rings. The first-order valence-electron chi connectivity index (χ1n) is 3.80. The SMILES string of the molecule is N=C(N)SCc1cccc([N+](=O)[O-])c1. The highest BCUT2D eigenvalue weighted by atomic mass is 32.2. The van der Waals surface area contributed by atoms with Gasteiger partial charge in [-0.15, -0.1) is 0 Å². The van der Waals surface area contributed by atoms with Gasteiger partial charge in [0.2, 0.25) is 0 Å². The average molecular weight is 211 g/mol. The normalized spacial score (nSPS) is 9.71. The number of nitrogens with two attached hydrogens (primary N) is 1. The first-order valence-corrected chi connectivity index (χ1v) is 4.78. The Bertz CT molecular complexity index is 367. The first-order chi connectivity index (χ1) is 6.59. The maximum Gasteiger partial charge on any atom is 0.269 e. The molecule has 0 aromatic heterocycles. The van der Waals surface area contributed by atoms with Gasteiger partial charge < -0.3 is 5.73 Å². The fraction of sp³-hybridized carbons (Fsp3) is 0.125. The van der Waals surface area contributed by atoms with E-state index in [0.29, 0.717) is 5.75 Å². The van der Waals surface area contributed by atoms with E-state index in [9.17, 15) is 10.1 Å². The molecule has 0 unspecified atom stereocenters. The van der Waals surface area contributed by atoms with E-state index in [1.807, 2.05) is 0 Å². The summed E-state index contributed by atoms with van der Waals surface area (Å²) in [6.07, 6.45) is 0. The Balaban J connectivity index is 2.73. The Kier molecular flexibility index (Phi) is 3.47. The van der Waals surface area contributed by atoms with E-state index in [-0.39, 0.29) is 10.9 Å². The molecule has 1 rings (SSSR count). The number of hydrogen-bond acceptors (Lipinski definition) is 4. The molecular weight excluding hydrogens is 202 g/mol. The molecule has 5 nitrogen and oxygen atoms in total. The van der Waals surface area contributed by atoms with Gasteiger partial charge in [0.25, 0.3) is 5.69 Å². The molecule has 0 saturated carbocycles. The third-order valence-electron chi connectivity index (χ3n) is 1.52. The molecule has 0 heterocycles. The van der Waals surface area contributed by atoms with Gasteiger partial charge in [-0.1, -0.05) is 23.9 Å². The molecule has 14 heavy (non-hydrogen) atoms. The van der Waals surface area contributed by atoms with Gasteiger partial charge in [-0.3, -0.25) is 15.5 Å². The van der Waals surface area contributed by atoms with Gasteiger partial charge in [-0.2, -0.15) is 0 Å². The third-order valence-corrected chi connectivity index (χ3v) is 2.30. The summed E-state index contributed by atoms with van der Waals surface area (Å²) >= 11 is 1.14. The van der Waals surface area contributed by atoms with Crippen molar-refractivity contribution in [1.29, 1.82) is 5.41 Å². The van der Waals surface area contributed by atoms with E-state index in [1.165, 1.54) is 12.1 Å². The Morgan fingerprint density at radius 2 is 2.36 bits per heavy atom. The molecule has 0 saturated heterocycles. The number of nitrogens with one attached hydrogen (secondary N) is 1. The van der Waals surface area contributed by atoms with Crippen LogP contribution in [0.1, 0.15) is 5.56 Å². The van der Waals surface area contributed by atoms with Crippen LogP contribution in [0.25, 0.3) is 0 Å². The Morgan fingerprint density at radius 3 is 2.93 bits per heavy atom. The molecule has 6 heteroatoms. The number of amidine groups is 1. The van der Waals surface area contributed by atoms with E-state index < -0.39 is 4.92 Å². The van der Waals surface area contributed by atoms with E-state index >= 15 is 0 Å². The van der Waals surface area contributed by atoms with Crippen LogP contribution in [-0.4, -0.2) is 10.1 Å². The largest absolute Gasteiger partial charge is 0.379 e. The number of nitrogens with zero attached hydrogens (tertiary/aromatic N) is 1. The van der Waals surface area contributed by atoms with Crippen LogP contribution >= 0.6 is 11.8 Å². The van der Waals surface area contributed by atoms with Gasteiger partial charge in [0.05, 0.1) is 4.92 Å². The molecule has 3 N–H and O–H groups in total. The molecule has 1 aromatic rings. The monoisotopic (exact) mass is 211 g/mol. The van der Waals surface area contributed by atoms with Crippen molar-refractivity contribution >= 4 is 22.6 Å². The number of nitro groups is 1. The van der Waals surface area contributed by atoms with Crippen LogP contribution in [0.5, 0.6) is 0 Å². The molecule has 0 bridgehead atoms. The second kappa shape index (κ2) is 4.61. The van der Waals surface area contributed by atoms with Gasteiger partial charge in [0.1, 0.15) is 0 Å². The maximum absolute atomic E-state index is 10.4. The third kappa shape index (κ3) is 3.06. The van der Waals surface area contributed by atoms with Crippen molar-refractivity contribution in [1.82, 2.24) is 0 Å². The second-order valence-corrected chi connectivity index (χ2v) is 3.60. The Hall–Kier alpha value is -1.56.